The van der Waals surface area contributed by atoms with E-state index < -0.39 is 0 Å². The fourth-order valence-corrected chi connectivity index (χ4v) is 4.51. The molecule has 0 saturated carbocycles. The van der Waals surface area contributed by atoms with Gasteiger partial charge in [-0.25, -0.2) is 0 Å². The number of thioether (sulfide) groups is 1. The quantitative estimate of drug-likeness (QED) is 0.149. The van der Waals surface area contributed by atoms with Crippen molar-refractivity contribution in [1.82, 2.24) is 4.90 Å². The Labute approximate surface area is 200 Å². The number of nitrogens with zero attached hydrogens (tertiary/aromatic N) is 1. The lowest BCUT2D eigenvalue weighted by atomic mass is 10.1. The Hall–Kier alpha value is -2.06. The molecule has 2 rings (SSSR count). The van der Waals surface area contributed by atoms with Gasteiger partial charge in [-0.3, -0.25) is 14.5 Å². The highest BCUT2D eigenvalue weighted by Gasteiger charge is 2.31. The molecular weight excluding hydrogens is 446 g/mol. The average molecular weight is 480 g/mol. The normalized spacial score (nSPS) is 14.8. The third-order valence-electron chi connectivity index (χ3n) is 4.93. The highest BCUT2D eigenvalue weighted by atomic mass is 32.2. The summed E-state index contributed by atoms with van der Waals surface area (Å²) >= 11 is 6.73. The second-order valence-corrected chi connectivity index (χ2v) is 9.09. The Morgan fingerprint density at radius 3 is 2.62 bits per heavy atom. The molecule has 0 aliphatic carbocycles. The van der Waals surface area contributed by atoms with Gasteiger partial charge in [0.2, 0.25) is 0 Å². The Bertz CT molecular complexity index is 825. The third kappa shape index (κ3) is 8.13. The number of carbonyl (C=O) groups excluding carboxylic acids is 2. The van der Waals surface area contributed by atoms with Crippen molar-refractivity contribution in [3.8, 4) is 11.5 Å². The van der Waals surface area contributed by atoms with Crippen LogP contribution in [-0.2, 0) is 14.3 Å². The molecule has 1 heterocycles. The first-order valence-corrected chi connectivity index (χ1v) is 12.4. The van der Waals surface area contributed by atoms with Gasteiger partial charge in [-0.05, 0) is 50.0 Å². The SMILES string of the molecule is CCCCCOc1ccc(/C=C2\SC(=S)N(CCCCCC(=O)OC)C2=O)cc1OCC. The summed E-state index contributed by atoms with van der Waals surface area (Å²) in [6.45, 7) is 5.84. The van der Waals surface area contributed by atoms with Crippen molar-refractivity contribution in [2.75, 3.05) is 26.9 Å². The molecule has 0 spiro atoms. The number of ether oxygens (including phenoxy) is 3. The zero-order chi connectivity index (χ0) is 23.3. The highest BCUT2D eigenvalue weighted by Crippen LogP contribution is 2.35. The predicted octanol–water partition coefficient (Wildman–Crippen LogP) is 5.59. The zero-order valence-corrected chi connectivity index (χ0v) is 20.8. The minimum Gasteiger partial charge on any atom is -0.490 e. The molecule has 0 radical (unpaired) electrons. The molecule has 1 aliphatic heterocycles. The summed E-state index contributed by atoms with van der Waals surface area (Å²) in [4.78, 5) is 26.3. The van der Waals surface area contributed by atoms with Gasteiger partial charge >= 0.3 is 5.97 Å². The van der Waals surface area contributed by atoms with Gasteiger partial charge in [0.1, 0.15) is 4.32 Å². The van der Waals surface area contributed by atoms with Crippen molar-refractivity contribution in [2.45, 2.75) is 58.8 Å². The maximum Gasteiger partial charge on any atom is 0.305 e. The molecule has 0 atom stereocenters. The first kappa shape index (κ1) is 26.2. The first-order chi connectivity index (χ1) is 15.5. The van der Waals surface area contributed by atoms with Crippen molar-refractivity contribution in [1.29, 1.82) is 0 Å². The van der Waals surface area contributed by atoms with Crippen molar-refractivity contribution < 1.29 is 23.8 Å². The maximum absolute atomic E-state index is 12.8. The van der Waals surface area contributed by atoms with E-state index in [0.717, 1.165) is 49.8 Å². The first-order valence-electron chi connectivity index (χ1n) is 11.2. The fraction of sp³-hybridized carbons (Fsp3) is 0.542. The summed E-state index contributed by atoms with van der Waals surface area (Å²) < 4.78 is 16.8. The van der Waals surface area contributed by atoms with Crippen molar-refractivity contribution in [3.63, 3.8) is 0 Å². The smallest absolute Gasteiger partial charge is 0.305 e. The van der Waals surface area contributed by atoms with E-state index in [0.29, 0.717) is 41.2 Å². The Morgan fingerprint density at radius 1 is 1.09 bits per heavy atom. The van der Waals surface area contributed by atoms with Crippen molar-refractivity contribution >= 4 is 46.3 Å². The van der Waals surface area contributed by atoms with Gasteiger partial charge in [-0.15, -0.1) is 0 Å². The predicted molar refractivity (Wildman–Crippen MR) is 133 cm³/mol. The minimum absolute atomic E-state index is 0.0779. The molecule has 32 heavy (non-hydrogen) atoms. The molecule has 1 aromatic carbocycles. The van der Waals surface area contributed by atoms with Crippen LogP contribution in [0.15, 0.2) is 23.1 Å². The fourth-order valence-electron chi connectivity index (χ4n) is 3.20. The van der Waals surface area contributed by atoms with E-state index in [-0.39, 0.29) is 11.9 Å². The van der Waals surface area contributed by atoms with Crippen LogP contribution in [0.3, 0.4) is 0 Å². The average Bonchev–Trinajstić information content (AvgIpc) is 3.04. The van der Waals surface area contributed by atoms with Gasteiger partial charge in [-0.2, -0.15) is 0 Å². The number of thiocarbonyl (C=S) groups is 1. The van der Waals surface area contributed by atoms with Crippen LogP contribution in [0.5, 0.6) is 11.5 Å². The van der Waals surface area contributed by atoms with E-state index in [1.54, 1.807) is 4.90 Å². The minimum atomic E-state index is -0.206. The summed E-state index contributed by atoms with van der Waals surface area (Å²) in [7, 11) is 1.39. The number of hydrogen-bond donors (Lipinski definition) is 0. The molecule has 1 saturated heterocycles. The summed E-state index contributed by atoms with van der Waals surface area (Å²) in [5.74, 6) is 1.12. The van der Waals surface area contributed by atoms with Crippen LogP contribution in [0.25, 0.3) is 6.08 Å². The topological polar surface area (TPSA) is 65.1 Å². The number of hydrogen-bond acceptors (Lipinski definition) is 7. The van der Waals surface area contributed by atoms with Crippen molar-refractivity contribution in [2.24, 2.45) is 0 Å². The van der Waals surface area contributed by atoms with Gasteiger partial charge in [-0.1, -0.05) is 56.2 Å². The lowest BCUT2D eigenvalue weighted by Crippen LogP contribution is -2.29. The van der Waals surface area contributed by atoms with E-state index in [1.165, 1.54) is 18.9 Å². The maximum atomic E-state index is 12.8. The second kappa shape index (κ2) is 14.2. The lowest BCUT2D eigenvalue weighted by molar-refractivity contribution is -0.140. The summed E-state index contributed by atoms with van der Waals surface area (Å²) in [5.41, 5.74) is 0.868. The van der Waals surface area contributed by atoms with Gasteiger partial charge in [0.15, 0.2) is 11.5 Å². The van der Waals surface area contributed by atoms with Gasteiger partial charge in [0.25, 0.3) is 5.91 Å². The van der Waals surface area contributed by atoms with E-state index in [9.17, 15) is 9.59 Å². The monoisotopic (exact) mass is 479 g/mol. The number of methoxy groups -OCH3 is 1. The standard InChI is InChI=1S/C24H33NO5S2/c1-4-6-10-15-30-19-13-12-18(16-20(19)29-5-2)17-21-23(27)25(24(31)32-21)14-9-7-8-11-22(26)28-3/h12-13,16-17H,4-11,14-15H2,1-3H3/b21-17-. The van der Waals surface area contributed by atoms with Crippen LogP contribution in [0.1, 0.15) is 64.4 Å². The van der Waals surface area contributed by atoms with Crippen molar-refractivity contribution in [3.05, 3.63) is 28.7 Å². The molecular formula is C24H33NO5S2. The Balaban J connectivity index is 1.98. The molecule has 0 aromatic heterocycles. The molecule has 0 bridgehead atoms. The highest BCUT2D eigenvalue weighted by molar-refractivity contribution is 8.26. The second-order valence-electron chi connectivity index (χ2n) is 7.41. The van der Waals surface area contributed by atoms with Crippen LogP contribution in [-0.4, -0.2) is 48.0 Å². The van der Waals surface area contributed by atoms with Gasteiger partial charge in [0.05, 0.1) is 25.2 Å². The number of amides is 1. The molecule has 176 valence electrons. The number of unbranched alkanes of at least 4 members (excludes halogenated alkanes) is 4. The summed E-state index contributed by atoms with van der Waals surface area (Å²) in [5, 5.41) is 0. The number of benzene rings is 1. The molecule has 1 aromatic rings. The summed E-state index contributed by atoms with van der Waals surface area (Å²) in [6, 6.07) is 5.72. The number of carbonyl (C=O) groups is 2. The number of esters is 1. The molecule has 6 nitrogen and oxygen atoms in total. The number of rotatable bonds is 14. The Kier molecular flexibility index (Phi) is 11.6. The van der Waals surface area contributed by atoms with Crippen LogP contribution >= 0.6 is 24.0 Å². The van der Waals surface area contributed by atoms with Crippen LogP contribution in [0, 0.1) is 0 Å². The van der Waals surface area contributed by atoms with Crippen LogP contribution in [0.4, 0.5) is 0 Å². The van der Waals surface area contributed by atoms with Gasteiger partial charge < -0.3 is 14.2 Å². The largest absolute Gasteiger partial charge is 0.490 e. The molecule has 0 N–H and O–H groups in total. The zero-order valence-electron chi connectivity index (χ0n) is 19.2. The molecule has 8 heteroatoms. The third-order valence-corrected chi connectivity index (χ3v) is 6.31. The molecule has 1 fully saturated rings. The van der Waals surface area contributed by atoms with E-state index in [4.69, 9.17) is 21.7 Å². The molecule has 1 aliphatic rings. The van der Waals surface area contributed by atoms with Gasteiger partial charge in [0, 0.05) is 13.0 Å². The van der Waals surface area contributed by atoms with E-state index in [1.807, 2.05) is 31.2 Å². The van der Waals surface area contributed by atoms with E-state index >= 15 is 0 Å². The molecule has 1 amide bonds. The molecule has 0 unspecified atom stereocenters. The van der Waals surface area contributed by atoms with Crippen LogP contribution < -0.4 is 9.47 Å². The Morgan fingerprint density at radius 2 is 1.91 bits per heavy atom. The van der Waals surface area contributed by atoms with E-state index in [2.05, 4.69) is 11.7 Å². The summed E-state index contributed by atoms with van der Waals surface area (Å²) in [6.07, 6.45) is 7.90. The van der Waals surface area contributed by atoms with Crippen LogP contribution in [0.2, 0.25) is 0 Å². The lowest BCUT2D eigenvalue weighted by Gasteiger charge is -2.14.